The summed E-state index contributed by atoms with van der Waals surface area (Å²) in [6.07, 6.45) is 0. The highest BCUT2D eigenvalue weighted by atomic mass is 15.2. The molecule has 0 atom stereocenters. The van der Waals surface area contributed by atoms with Gasteiger partial charge in [-0.3, -0.25) is 0 Å². The molecule has 2 rings (SSSR count). The zero-order chi connectivity index (χ0) is 14.3. The van der Waals surface area contributed by atoms with E-state index in [1.165, 1.54) is 16.8 Å². The molecule has 0 aromatic heterocycles. The number of nitrogens with zero attached hydrogens (tertiary/aromatic N) is 1. The number of hydrogen-bond acceptors (Lipinski definition) is 2. The summed E-state index contributed by atoms with van der Waals surface area (Å²) in [5, 5.41) is 3.70. The number of benzene rings is 1. The fraction of sp³-hybridized carbons (Fsp3) is 0.647. The standard InChI is InChI=1S/C17H28N2/c1-13-7-8-15(9-14(13)2)19-11-16(3,4)10-18-17(5,6)12-19/h7-9,18H,10-12H2,1-6H3. The molecule has 1 aliphatic rings. The molecule has 0 aliphatic carbocycles. The number of aryl methyl sites for hydroxylation is 2. The molecule has 1 aromatic carbocycles. The van der Waals surface area contributed by atoms with Gasteiger partial charge in [0.2, 0.25) is 0 Å². The Kier molecular flexibility index (Phi) is 3.65. The lowest BCUT2D eigenvalue weighted by atomic mass is 9.93. The fourth-order valence-corrected chi connectivity index (χ4v) is 2.74. The topological polar surface area (TPSA) is 15.3 Å². The van der Waals surface area contributed by atoms with E-state index in [1.807, 2.05) is 0 Å². The van der Waals surface area contributed by atoms with Gasteiger partial charge in [-0.05, 0) is 56.4 Å². The van der Waals surface area contributed by atoms with Gasteiger partial charge in [0.1, 0.15) is 0 Å². The summed E-state index contributed by atoms with van der Waals surface area (Å²) in [5.41, 5.74) is 4.56. The molecule has 1 heterocycles. The molecule has 0 spiro atoms. The van der Waals surface area contributed by atoms with Crippen molar-refractivity contribution in [2.75, 3.05) is 24.5 Å². The molecular weight excluding hydrogens is 232 g/mol. The van der Waals surface area contributed by atoms with Crippen LogP contribution in [0.5, 0.6) is 0 Å². The highest BCUT2D eigenvalue weighted by molar-refractivity contribution is 5.51. The van der Waals surface area contributed by atoms with E-state index < -0.39 is 0 Å². The fourth-order valence-electron chi connectivity index (χ4n) is 2.74. The van der Waals surface area contributed by atoms with E-state index in [4.69, 9.17) is 0 Å². The molecule has 106 valence electrons. The van der Waals surface area contributed by atoms with Crippen LogP contribution in [0.1, 0.15) is 38.8 Å². The van der Waals surface area contributed by atoms with Gasteiger partial charge in [-0.25, -0.2) is 0 Å². The van der Waals surface area contributed by atoms with E-state index >= 15 is 0 Å². The predicted molar refractivity (Wildman–Crippen MR) is 84.0 cm³/mol. The quantitative estimate of drug-likeness (QED) is 0.831. The third-order valence-corrected chi connectivity index (χ3v) is 4.11. The normalized spacial score (nSPS) is 22.1. The van der Waals surface area contributed by atoms with Crippen LogP contribution < -0.4 is 10.2 Å². The van der Waals surface area contributed by atoms with Crippen LogP contribution >= 0.6 is 0 Å². The number of rotatable bonds is 1. The summed E-state index contributed by atoms with van der Waals surface area (Å²) in [6, 6.07) is 6.83. The van der Waals surface area contributed by atoms with Gasteiger partial charge >= 0.3 is 0 Å². The van der Waals surface area contributed by atoms with Crippen molar-refractivity contribution >= 4 is 5.69 Å². The monoisotopic (exact) mass is 260 g/mol. The molecule has 2 heteroatoms. The summed E-state index contributed by atoms with van der Waals surface area (Å²) in [6.45, 7) is 16.9. The molecule has 2 nitrogen and oxygen atoms in total. The van der Waals surface area contributed by atoms with E-state index in [9.17, 15) is 0 Å². The first-order chi connectivity index (χ1) is 8.69. The van der Waals surface area contributed by atoms with Crippen molar-refractivity contribution in [2.24, 2.45) is 5.41 Å². The minimum Gasteiger partial charge on any atom is -0.369 e. The van der Waals surface area contributed by atoms with Crippen LogP contribution in [0.3, 0.4) is 0 Å². The summed E-state index contributed by atoms with van der Waals surface area (Å²) < 4.78 is 0. The Bertz CT molecular complexity index is 442. The average molecular weight is 260 g/mol. The first kappa shape index (κ1) is 14.4. The summed E-state index contributed by atoms with van der Waals surface area (Å²) in [5.74, 6) is 0. The highest BCUT2D eigenvalue weighted by Gasteiger charge is 2.32. The Morgan fingerprint density at radius 2 is 1.68 bits per heavy atom. The van der Waals surface area contributed by atoms with Crippen LogP contribution in [0.4, 0.5) is 5.69 Å². The Morgan fingerprint density at radius 1 is 1.00 bits per heavy atom. The van der Waals surface area contributed by atoms with E-state index in [-0.39, 0.29) is 5.54 Å². The van der Waals surface area contributed by atoms with Gasteiger partial charge in [0.15, 0.2) is 0 Å². The van der Waals surface area contributed by atoms with Crippen molar-refractivity contribution in [1.29, 1.82) is 0 Å². The lowest BCUT2D eigenvalue weighted by molar-refractivity contribution is 0.332. The van der Waals surface area contributed by atoms with Crippen LogP contribution in [0.15, 0.2) is 18.2 Å². The minimum atomic E-state index is 0.159. The van der Waals surface area contributed by atoms with Gasteiger partial charge < -0.3 is 10.2 Å². The van der Waals surface area contributed by atoms with E-state index in [0.29, 0.717) is 5.41 Å². The van der Waals surface area contributed by atoms with Gasteiger partial charge in [-0.15, -0.1) is 0 Å². The van der Waals surface area contributed by atoms with Gasteiger partial charge in [0.05, 0.1) is 0 Å². The van der Waals surface area contributed by atoms with Gasteiger partial charge in [-0.2, -0.15) is 0 Å². The molecule has 0 unspecified atom stereocenters. The van der Waals surface area contributed by atoms with Crippen LogP contribution in [0.25, 0.3) is 0 Å². The maximum Gasteiger partial charge on any atom is 0.0369 e. The summed E-state index contributed by atoms with van der Waals surface area (Å²) in [4.78, 5) is 2.53. The second-order valence-electron chi connectivity index (χ2n) is 7.53. The molecule has 1 aliphatic heterocycles. The molecule has 1 aromatic rings. The SMILES string of the molecule is Cc1ccc(N2CC(C)(C)CNC(C)(C)C2)cc1C. The summed E-state index contributed by atoms with van der Waals surface area (Å²) in [7, 11) is 0. The number of anilines is 1. The van der Waals surface area contributed by atoms with E-state index in [0.717, 1.165) is 19.6 Å². The third kappa shape index (κ3) is 3.50. The maximum absolute atomic E-state index is 3.70. The first-order valence-electron chi connectivity index (χ1n) is 7.26. The summed E-state index contributed by atoms with van der Waals surface area (Å²) >= 11 is 0. The van der Waals surface area contributed by atoms with Crippen molar-refractivity contribution in [3.63, 3.8) is 0 Å². The molecule has 0 saturated carbocycles. The van der Waals surface area contributed by atoms with Gasteiger partial charge in [0, 0.05) is 30.9 Å². The Morgan fingerprint density at radius 3 is 2.32 bits per heavy atom. The largest absolute Gasteiger partial charge is 0.369 e. The van der Waals surface area contributed by atoms with Crippen LogP contribution in [-0.4, -0.2) is 25.2 Å². The molecule has 1 saturated heterocycles. The lowest BCUT2D eigenvalue weighted by Gasteiger charge is -2.33. The van der Waals surface area contributed by atoms with E-state index in [1.54, 1.807) is 0 Å². The van der Waals surface area contributed by atoms with Crippen molar-refractivity contribution in [2.45, 2.75) is 47.1 Å². The first-order valence-corrected chi connectivity index (χ1v) is 7.26. The average Bonchev–Trinajstić information content (AvgIpc) is 2.39. The molecule has 0 bridgehead atoms. The smallest absolute Gasteiger partial charge is 0.0369 e. The van der Waals surface area contributed by atoms with Crippen LogP contribution in [-0.2, 0) is 0 Å². The second kappa shape index (κ2) is 4.82. The van der Waals surface area contributed by atoms with Crippen molar-refractivity contribution in [1.82, 2.24) is 5.32 Å². The highest BCUT2D eigenvalue weighted by Crippen LogP contribution is 2.28. The Labute approximate surface area is 118 Å². The molecule has 1 N–H and O–H groups in total. The van der Waals surface area contributed by atoms with Gasteiger partial charge in [-0.1, -0.05) is 19.9 Å². The van der Waals surface area contributed by atoms with Crippen molar-refractivity contribution in [3.05, 3.63) is 29.3 Å². The predicted octanol–water partition coefficient (Wildman–Crippen LogP) is 3.52. The second-order valence-corrected chi connectivity index (χ2v) is 7.53. The maximum atomic E-state index is 3.70. The minimum absolute atomic E-state index is 0.159. The van der Waals surface area contributed by atoms with Crippen LogP contribution in [0.2, 0.25) is 0 Å². The molecule has 1 fully saturated rings. The van der Waals surface area contributed by atoms with E-state index in [2.05, 4.69) is 70.0 Å². The van der Waals surface area contributed by atoms with Gasteiger partial charge in [0.25, 0.3) is 0 Å². The number of hydrogen-bond donors (Lipinski definition) is 1. The molecule has 0 radical (unpaired) electrons. The molecular formula is C17H28N2. The molecule has 19 heavy (non-hydrogen) atoms. The molecule has 0 amide bonds. The zero-order valence-corrected chi connectivity index (χ0v) is 13.3. The lowest BCUT2D eigenvalue weighted by Crippen LogP contribution is -2.46. The van der Waals surface area contributed by atoms with Crippen molar-refractivity contribution < 1.29 is 0 Å². The number of nitrogens with one attached hydrogen (secondary N) is 1. The zero-order valence-electron chi connectivity index (χ0n) is 13.3. The third-order valence-electron chi connectivity index (χ3n) is 4.11. The van der Waals surface area contributed by atoms with Crippen LogP contribution in [0, 0.1) is 19.3 Å². The Hall–Kier alpha value is -1.02. The Balaban J connectivity index is 2.32. The van der Waals surface area contributed by atoms with Crippen molar-refractivity contribution in [3.8, 4) is 0 Å².